The first kappa shape index (κ1) is 22.2. The van der Waals surface area contributed by atoms with Crippen LogP contribution in [0.25, 0.3) is 6.08 Å². The van der Waals surface area contributed by atoms with Crippen LogP contribution in [-0.4, -0.2) is 22.5 Å². The van der Waals surface area contributed by atoms with Crippen LogP contribution in [0.2, 0.25) is 0 Å². The Bertz CT molecular complexity index is 1000. The highest BCUT2D eigenvalue weighted by atomic mass is 32.2. The van der Waals surface area contributed by atoms with Gasteiger partial charge in [-0.2, -0.15) is 0 Å². The number of allylic oxidation sites excluding steroid dienone is 1. The number of benzene rings is 2. The van der Waals surface area contributed by atoms with E-state index in [2.05, 4.69) is 46.9 Å². The second kappa shape index (κ2) is 7.95. The minimum atomic E-state index is -0.231. The van der Waals surface area contributed by atoms with Gasteiger partial charge in [0.25, 0.3) is 0 Å². The zero-order valence-corrected chi connectivity index (χ0v) is 19.2. The van der Waals surface area contributed by atoms with Crippen molar-refractivity contribution in [1.82, 2.24) is 0 Å². The van der Waals surface area contributed by atoms with Crippen LogP contribution in [0.3, 0.4) is 0 Å². The maximum Gasteiger partial charge on any atom is 0.234 e. The Morgan fingerprint density at radius 1 is 1.07 bits per heavy atom. The molecule has 0 bridgehead atoms. The van der Waals surface area contributed by atoms with Gasteiger partial charge in [-0.3, -0.25) is 9.59 Å². The second-order valence-corrected chi connectivity index (χ2v) is 10.7. The molecule has 2 aromatic rings. The standard InChI is InChI=1S/C25H29NO3S/c1-24(2,3)17-12-15(13-18(22(17)29)25(4,5)6)10-11-20(27)16-8-7-9-19-23(16)30-14-21(28)26-19/h7-13,29H,14H2,1-6H3,(H,26,28). The number of hydrogen-bond donors (Lipinski definition) is 2. The van der Waals surface area contributed by atoms with Crippen molar-refractivity contribution in [3.8, 4) is 5.75 Å². The van der Waals surface area contributed by atoms with E-state index in [1.807, 2.05) is 18.2 Å². The van der Waals surface area contributed by atoms with E-state index in [1.54, 1.807) is 24.3 Å². The summed E-state index contributed by atoms with van der Waals surface area (Å²) in [6.07, 6.45) is 3.37. The molecule has 2 aromatic carbocycles. The number of thioether (sulfide) groups is 1. The molecule has 0 aromatic heterocycles. The number of phenols is 1. The van der Waals surface area contributed by atoms with Crippen LogP contribution in [-0.2, 0) is 15.6 Å². The largest absolute Gasteiger partial charge is 0.507 e. The van der Waals surface area contributed by atoms with Gasteiger partial charge in [0.2, 0.25) is 5.91 Å². The lowest BCUT2D eigenvalue weighted by Crippen LogP contribution is -2.19. The zero-order chi connectivity index (χ0) is 22.3. The highest BCUT2D eigenvalue weighted by Gasteiger charge is 2.26. The lowest BCUT2D eigenvalue weighted by molar-refractivity contribution is -0.113. The van der Waals surface area contributed by atoms with Crippen LogP contribution in [0.1, 0.15) is 68.6 Å². The molecule has 0 saturated heterocycles. The number of phenolic OH excluding ortho intramolecular Hbond substituents is 1. The van der Waals surface area contributed by atoms with Gasteiger partial charge in [-0.15, -0.1) is 11.8 Å². The fourth-order valence-corrected chi connectivity index (χ4v) is 4.41. The predicted octanol–water partition coefficient (Wildman–Crippen LogP) is 5.93. The van der Waals surface area contributed by atoms with E-state index in [4.69, 9.17) is 0 Å². The molecular weight excluding hydrogens is 394 g/mol. The molecule has 0 spiro atoms. The van der Waals surface area contributed by atoms with E-state index in [1.165, 1.54) is 11.8 Å². The highest BCUT2D eigenvalue weighted by molar-refractivity contribution is 8.00. The Balaban J connectivity index is 2.00. The lowest BCUT2D eigenvalue weighted by Gasteiger charge is -2.27. The van der Waals surface area contributed by atoms with Crippen molar-refractivity contribution in [3.05, 3.63) is 58.7 Å². The molecule has 1 aliphatic rings. The summed E-state index contributed by atoms with van der Waals surface area (Å²) in [5.74, 6) is 0.463. The summed E-state index contributed by atoms with van der Waals surface area (Å²) >= 11 is 1.39. The number of nitrogens with one attached hydrogen (secondary N) is 1. The summed E-state index contributed by atoms with van der Waals surface area (Å²) in [5.41, 5.74) is 3.40. The summed E-state index contributed by atoms with van der Waals surface area (Å²) in [4.78, 5) is 25.4. The summed E-state index contributed by atoms with van der Waals surface area (Å²) in [6.45, 7) is 12.4. The molecule has 2 N–H and O–H groups in total. The first-order valence-electron chi connectivity index (χ1n) is 10.0. The Hall–Kier alpha value is -2.53. The maximum absolute atomic E-state index is 12.9. The van der Waals surface area contributed by atoms with Crippen LogP contribution in [0.5, 0.6) is 5.75 Å². The normalized spacial score (nSPS) is 14.5. The molecule has 0 atom stereocenters. The molecule has 0 unspecified atom stereocenters. The van der Waals surface area contributed by atoms with Gasteiger partial charge in [-0.25, -0.2) is 0 Å². The minimum absolute atomic E-state index is 0.0545. The molecule has 1 heterocycles. The Morgan fingerprint density at radius 3 is 2.23 bits per heavy atom. The third-order valence-corrected chi connectivity index (χ3v) is 6.21. The van der Waals surface area contributed by atoms with Gasteiger partial charge in [0.1, 0.15) is 5.75 Å². The number of ketones is 1. The van der Waals surface area contributed by atoms with Crippen molar-refractivity contribution in [2.75, 3.05) is 11.1 Å². The van der Waals surface area contributed by atoms with E-state index in [9.17, 15) is 14.7 Å². The molecule has 3 rings (SSSR count). The van der Waals surface area contributed by atoms with Crippen LogP contribution < -0.4 is 5.32 Å². The molecule has 1 aliphatic heterocycles. The molecule has 1 amide bonds. The van der Waals surface area contributed by atoms with Crippen LogP contribution >= 0.6 is 11.8 Å². The number of aromatic hydroxyl groups is 1. The summed E-state index contributed by atoms with van der Waals surface area (Å²) in [5, 5.41) is 13.7. The fraction of sp³-hybridized carbons (Fsp3) is 0.360. The van der Waals surface area contributed by atoms with E-state index in [-0.39, 0.29) is 22.5 Å². The van der Waals surface area contributed by atoms with Gasteiger partial charge in [0.05, 0.1) is 11.4 Å². The molecule has 158 valence electrons. The topological polar surface area (TPSA) is 66.4 Å². The fourth-order valence-electron chi connectivity index (χ4n) is 3.47. The number of carbonyl (C=O) groups is 2. The first-order valence-corrected chi connectivity index (χ1v) is 11.0. The Labute approximate surface area is 182 Å². The van der Waals surface area contributed by atoms with E-state index < -0.39 is 0 Å². The molecule has 4 nitrogen and oxygen atoms in total. The molecule has 0 saturated carbocycles. The summed E-state index contributed by atoms with van der Waals surface area (Å²) in [7, 11) is 0. The van der Waals surface area contributed by atoms with Gasteiger partial charge < -0.3 is 10.4 Å². The quantitative estimate of drug-likeness (QED) is 0.474. The number of fused-ring (bicyclic) bond motifs is 1. The average Bonchev–Trinajstić information content (AvgIpc) is 2.64. The van der Waals surface area contributed by atoms with Gasteiger partial charge in [0.15, 0.2) is 5.78 Å². The van der Waals surface area contributed by atoms with E-state index in [0.717, 1.165) is 21.6 Å². The average molecular weight is 424 g/mol. The molecule has 0 aliphatic carbocycles. The van der Waals surface area contributed by atoms with Gasteiger partial charge in [-0.05, 0) is 46.7 Å². The zero-order valence-electron chi connectivity index (χ0n) is 18.4. The molecule has 30 heavy (non-hydrogen) atoms. The van der Waals surface area contributed by atoms with Crippen molar-refractivity contribution in [2.45, 2.75) is 57.3 Å². The third-order valence-electron chi connectivity index (χ3n) is 5.08. The van der Waals surface area contributed by atoms with E-state index >= 15 is 0 Å². The van der Waals surface area contributed by atoms with Crippen LogP contribution in [0.15, 0.2) is 41.3 Å². The number of amides is 1. The smallest absolute Gasteiger partial charge is 0.234 e. The third kappa shape index (κ3) is 4.62. The molecular formula is C25H29NO3S. The Morgan fingerprint density at radius 2 is 1.67 bits per heavy atom. The highest BCUT2D eigenvalue weighted by Crippen LogP contribution is 2.40. The summed E-state index contributed by atoms with van der Waals surface area (Å²) < 4.78 is 0. The summed E-state index contributed by atoms with van der Waals surface area (Å²) in [6, 6.07) is 9.27. The van der Waals surface area contributed by atoms with Crippen molar-refractivity contribution < 1.29 is 14.7 Å². The maximum atomic E-state index is 12.9. The molecule has 0 fully saturated rings. The van der Waals surface area contributed by atoms with Crippen molar-refractivity contribution >= 4 is 35.2 Å². The monoisotopic (exact) mass is 423 g/mol. The molecule has 0 radical (unpaired) electrons. The van der Waals surface area contributed by atoms with Crippen molar-refractivity contribution in [1.29, 1.82) is 0 Å². The van der Waals surface area contributed by atoms with Crippen molar-refractivity contribution in [3.63, 3.8) is 0 Å². The number of anilines is 1. The van der Waals surface area contributed by atoms with Gasteiger partial charge in [-0.1, -0.05) is 53.7 Å². The van der Waals surface area contributed by atoms with E-state index in [0.29, 0.717) is 22.8 Å². The van der Waals surface area contributed by atoms with Crippen LogP contribution in [0.4, 0.5) is 5.69 Å². The Kier molecular flexibility index (Phi) is 5.87. The predicted molar refractivity (Wildman–Crippen MR) is 125 cm³/mol. The SMILES string of the molecule is CC(C)(C)c1cc(C=CC(=O)c2cccc3c2SCC(=O)N3)cc(C(C)(C)C)c1O. The van der Waals surface area contributed by atoms with Crippen molar-refractivity contribution in [2.24, 2.45) is 0 Å². The minimum Gasteiger partial charge on any atom is -0.507 e. The lowest BCUT2D eigenvalue weighted by atomic mass is 9.78. The van der Waals surface area contributed by atoms with Gasteiger partial charge in [0, 0.05) is 21.6 Å². The first-order chi connectivity index (χ1) is 13.9. The number of hydrogen-bond acceptors (Lipinski definition) is 4. The van der Waals surface area contributed by atoms with Gasteiger partial charge >= 0.3 is 0 Å². The second-order valence-electron chi connectivity index (χ2n) is 9.68. The molecule has 5 heteroatoms. The van der Waals surface area contributed by atoms with Crippen LogP contribution in [0, 0.1) is 0 Å². The number of rotatable bonds is 3. The number of carbonyl (C=O) groups excluding carboxylic acids is 2.